The van der Waals surface area contributed by atoms with Gasteiger partial charge in [0.25, 0.3) is 0 Å². The number of hydrogen-bond donors (Lipinski definition) is 3. The van der Waals surface area contributed by atoms with Gasteiger partial charge in [-0.05, 0) is 0 Å². The maximum Gasteiger partial charge on any atom is 0.327 e. The van der Waals surface area contributed by atoms with Crippen LogP contribution in [0.1, 0.15) is 0 Å². The first-order valence-corrected chi connectivity index (χ1v) is 3.37. The molecule has 0 bridgehead atoms. The van der Waals surface area contributed by atoms with Gasteiger partial charge in [0.05, 0.1) is 0 Å². The van der Waals surface area contributed by atoms with E-state index in [9.17, 15) is 14.4 Å². The summed E-state index contributed by atoms with van der Waals surface area (Å²) in [5, 5.41) is 22.8. The van der Waals surface area contributed by atoms with Crippen molar-refractivity contribution in [3.8, 4) is 0 Å². The zero-order chi connectivity index (χ0) is 12.9. The van der Waals surface area contributed by atoms with Gasteiger partial charge in [-0.1, -0.05) is 19.7 Å². The molecular weight excluding hydrogens is 269 g/mol. The Kier molecular flexibility index (Phi) is 28.2. The van der Waals surface area contributed by atoms with E-state index in [1.807, 2.05) is 0 Å². The summed E-state index contributed by atoms with van der Waals surface area (Å²) in [4.78, 5) is 27.8. The second-order valence-electron chi connectivity index (χ2n) is 1.63. The average Bonchev–Trinajstić information content (AvgIpc) is 2.19. The normalized spacial score (nSPS) is 6.00. The summed E-state index contributed by atoms with van der Waals surface area (Å²) in [7, 11) is 0. The van der Waals surface area contributed by atoms with E-state index in [-0.39, 0.29) is 19.5 Å². The molecule has 0 unspecified atom stereocenters. The van der Waals surface area contributed by atoms with Gasteiger partial charge in [-0.25, -0.2) is 14.4 Å². The number of carbonyl (C=O) groups is 3. The molecule has 86 valence electrons. The number of rotatable bonds is 3. The van der Waals surface area contributed by atoms with E-state index in [1.54, 1.807) is 0 Å². The van der Waals surface area contributed by atoms with Gasteiger partial charge in [-0.3, -0.25) is 0 Å². The summed E-state index contributed by atoms with van der Waals surface area (Å²) in [6.45, 7) is 8.88. The number of carboxylic acid groups (broad SMARTS) is 3. The van der Waals surface area contributed by atoms with Crippen LogP contribution in [0.5, 0.6) is 0 Å². The molecule has 0 radical (unpaired) electrons. The van der Waals surface area contributed by atoms with E-state index < -0.39 is 17.9 Å². The summed E-state index contributed by atoms with van der Waals surface area (Å²) in [5.74, 6) is -2.94. The van der Waals surface area contributed by atoms with Crippen LogP contribution >= 0.6 is 0 Å². The third kappa shape index (κ3) is 85.8. The van der Waals surface area contributed by atoms with Gasteiger partial charge in [0.1, 0.15) is 0 Å². The number of hydrogen-bond acceptors (Lipinski definition) is 3. The summed E-state index contributed by atoms with van der Waals surface area (Å²) >= 11 is 0. The molecule has 0 aromatic carbocycles. The van der Waals surface area contributed by atoms with Crippen LogP contribution in [0.3, 0.4) is 0 Å². The van der Waals surface area contributed by atoms with Crippen molar-refractivity contribution < 1.29 is 49.2 Å². The molecule has 16 heavy (non-hydrogen) atoms. The molecule has 0 atom stereocenters. The Labute approximate surface area is 105 Å². The van der Waals surface area contributed by atoms with Crippen molar-refractivity contribution in [1.29, 1.82) is 0 Å². The van der Waals surface area contributed by atoms with Crippen LogP contribution in [0, 0.1) is 0 Å². The van der Waals surface area contributed by atoms with Gasteiger partial charge in [-0.15, -0.1) is 0 Å². The van der Waals surface area contributed by atoms with Crippen LogP contribution in [-0.4, -0.2) is 33.2 Å². The molecule has 0 aliphatic rings. The molecule has 0 fully saturated rings. The standard InChI is InChI=1S/3C3H4O2.Zn/c3*1-2-3(4)5;/h3*2H,1H2,(H,4,5);. The van der Waals surface area contributed by atoms with Crippen LogP contribution in [0.4, 0.5) is 0 Å². The Hall–Kier alpha value is -1.75. The molecule has 0 aromatic heterocycles. The molecule has 7 heteroatoms. The third-order valence-electron chi connectivity index (χ3n) is 0.524. The number of aliphatic carboxylic acids is 3. The Balaban J connectivity index is -0.0000000655. The first-order chi connectivity index (χ1) is 6.81. The van der Waals surface area contributed by atoms with Crippen LogP contribution in [-0.2, 0) is 33.9 Å². The van der Waals surface area contributed by atoms with Crippen LogP contribution < -0.4 is 0 Å². The van der Waals surface area contributed by atoms with E-state index in [2.05, 4.69) is 19.7 Å². The molecule has 0 aliphatic heterocycles. The van der Waals surface area contributed by atoms with Gasteiger partial charge in [-0.2, -0.15) is 0 Å². The molecule has 0 spiro atoms. The number of carboxylic acids is 3. The first-order valence-electron chi connectivity index (χ1n) is 3.37. The van der Waals surface area contributed by atoms with E-state index in [0.29, 0.717) is 0 Å². The van der Waals surface area contributed by atoms with Crippen LogP contribution in [0.25, 0.3) is 0 Å². The topological polar surface area (TPSA) is 112 Å². The van der Waals surface area contributed by atoms with E-state index >= 15 is 0 Å². The molecule has 0 saturated heterocycles. The SMILES string of the molecule is C=CC(=O)O.C=CC(=O)O.C=CC(=O)O.[Zn]. The monoisotopic (exact) mass is 280 g/mol. The summed E-state index contributed by atoms with van der Waals surface area (Å²) in [6, 6.07) is 0. The molecule has 0 aromatic rings. The van der Waals surface area contributed by atoms with Gasteiger partial charge in [0.15, 0.2) is 0 Å². The Morgan fingerprint density at radius 1 is 0.688 bits per heavy atom. The minimum absolute atomic E-state index is 0. The van der Waals surface area contributed by atoms with Crippen molar-refractivity contribution in [2.45, 2.75) is 0 Å². The van der Waals surface area contributed by atoms with E-state index in [0.717, 1.165) is 18.2 Å². The summed E-state index contributed by atoms with van der Waals surface area (Å²) < 4.78 is 0. The van der Waals surface area contributed by atoms with Crippen LogP contribution in [0.15, 0.2) is 38.0 Å². The molecule has 3 N–H and O–H groups in total. The van der Waals surface area contributed by atoms with Gasteiger partial charge < -0.3 is 15.3 Å². The Morgan fingerprint density at radius 3 is 0.750 bits per heavy atom. The third-order valence-corrected chi connectivity index (χ3v) is 0.524. The van der Waals surface area contributed by atoms with Gasteiger partial charge in [0.2, 0.25) is 0 Å². The minimum Gasteiger partial charge on any atom is -0.478 e. The van der Waals surface area contributed by atoms with Crippen molar-refractivity contribution in [3.63, 3.8) is 0 Å². The Morgan fingerprint density at radius 2 is 0.750 bits per heavy atom. The van der Waals surface area contributed by atoms with Crippen molar-refractivity contribution in [2.24, 2.45) is 0 Å². The second kappa shape index (κ2) is 18.9. The first kappa shape index (κ1) is 23.8. The van der Waals surface area contributed by atoms with Crippen molar-refractivity contribution in [2.75, 3.05) is 0 Å². The fourth-order valence-electron chi connectivity index (χ4n) is 0. The maximum atomic E-state index is 9.25. The summed E-state index contributed by atoms with van der Waals surface area (Å²) in [6.07, 6.45) is 2.50. The fraction of sp³-hybridized carbons (Fsp3) is 0. The van der Waals surface area contributed by atoms with Crippen molar-refractivity contribution >= 4 is 17.9 Å². The van der Waals surface area contributed by atoms with Crippen molar-refractivity contribution in [1.82, 2.24) is 0 Å². The summed E-state index contributed by atoms with van der Waals surface area (Å²) in [5.41, 5.74) is 0. The molecule has 0 aliphatic carbocycles. The fourth-order valence-corrected chi connectivity index (χ4v) is 0. The molecular formula is C9H12O6Zn. The van der Waals surface area contributed by atoms with Gasteiger partial charge in [0, 0.05) is 37.7 Å². The minimum atomic E-state index is -0.981. The molecule has 6 nitrogen and oxygen atoms in total. The van der Waals surface area contributed by atoms with Crippen LogP contribution in [0.2, 0.25) is 0 Å². The second-order valence-corrected chi connectivity index (χ2v) is 1.63. The van der Waals surface area contributed by atoms with E-state index in [1.165, 1.54) is 0 Å². The molecule has 0 rings (SSSR count). The molecule has 0 amide bonds. The quantitative estimate of drug-likeness (QED) is 0.520. The smallest absolute Gasteiger partial charge is 0.327 e. The van der Waals surface area contributed by atoms with E-state index in [4.69, 9.17) is 15.3 Å². The molecule has 0 saturated carbocycles. The Bertz CT molecular complexity index is 216. The predicted molar refractivity (Wildman–Crippen MR) is 53.5 cm³/mol. The average molecular weight is 282 g/mol. The predicted octanol–water partition coefficient (Wildman–Crippen LogP) is 0.769. The maximum absolute atomic E-state index is 9.25. The molecule has 0 heterocycles. The van der Waals surface area contributed by atoms with Gasteiger partial charge >= 0.3 is 17.9 Å². The van der Waals surface area contributed by atoms with Crippen molar-refractivity contribution in [3.05, 3.63) is 38.0 Å². The zero-order valence-corrected chi connectivity index (χ0v) is 11.6. The zero-order valence-electron chi connectivity index (χ0n) is 8.63. The largest absolute Gasteiger partial charge is 0.478 e.